The summed E-state index contributed by atoms with van der Waals surface area (Å²) in [5.74, 6) is -1.73. The molecule has 0 rings (SSSR count). The smallest absolute Gasteiger partial charge is 0.453 e. The summed E-state index contributed by atoms with van der Waals surface area (Å²) in [7, 11) is 0. The second-order valence-electron chi connectivity index (χ2n) is 2.14. The molecule has 0 fully saturated rings. The van der Waals surface area contributed by atoms with Gasteiger partial charge in [-0.1, -0.05) is 0 Å². The number of carbonyl (C=O) groups is 1. The van der Waals surface area contributed by atoms with Gasteiger partial charge in [0, 0.05) is 0 Å². The number of hydrogen-bond acceptors (Lipinski definition) is 6. The van der Waals surface area contributed by atoms with E-state index in [1.165, 1.54) is 0 Å². The van der Waals surface area contributed by atoms with Crippen LogP contribution >= 0.6 is 0 Å². The van der Waals surface area contributed by atoms with Gasteiger partial charge in [-0.15, -0.1) is 0 Å². The third-order valence-electron chi connectivity index (χ3n) is 1.21. The Morgan fingerprint density at radius 3 is 1.92 bits per heavy atom. The van der Waals surface area contributed by atoms with Gasteiger partial charge >= 0.3 is 12.1 Å². The Balaban J connectivity index is 4.35. The summed E-state index contributed by atoms with van der Waals surface area (Å²) in [6, 6.07) is 0. The van der Waals surface area contributed by atoms with Crippen molar-refractivity contribution in [3.05, 3.63) is 20.2 Å². The molecule has 0 amide bonds. The van der Waals surface area contributed by atoms with Crippen molar-refractivity contribution in [2.45, 2.75) is 18.7 Å². The summed E-state index contributed by atoms with van der Waals surface area (Å²) < 4.78 is 0. The molecule has 0 saturated carbocycles. The van der Waals surface area contributed by atoms with Gasteiger partial charge in [0.2, 0.25) is 0 Å². The van der Waals surface area contributed by atoms with Gasteiger partial charge in [0.05, 0.1) is 9.85 Å². The Kier molecular flexibility index (Phi) is 3.72. The van der Waals surface area contributed by atoms with Crippen molar-refractivity contribution < 1.29 is 24.9 Å². The highest BCUT2D eigenvalue weighted by atomic mass is 16.7. The van der Waals surface area contributed by atoms with Crippen LogP contribution in [0.25, 0.3) is 0 Å². The fourth-order valence-corrected chi connectivity index (χ4v) is 0.550. The molecule has 2 N–H and O–H groups in total. The fraction of sp³-hybridized carbons (Fsp3) is 0.750. The Hall–Kier alpha value is -1.77. The zero-order valence-electron chi connectivity index (χ0n) is 6.19. The van der Waals surface area contributed by atoms with Crippen molar-refractivity contribution in [1.82, 2.24) is 0 Å². The molecule has 0 bridgehead atoms. The maximum absolute atomic E-state index is 9.98. The molecule has 13 heavy (non-hydrogen) atoms. The van der Waals surface area contributed by atoms with Crippen molar-refractivity contribution in [2.24, 2.45) is 0 Å². The Labute approximate surface area is 70.9 Å². The van der Waals surface area contributed by atoms with E-state index in [0.29, 0.717) is 0 Å². The third-order valence-corrected chi connectivity index (χ3v) is 1.21. The summed E-state index contributed by atoms with van der Waals surface area (Å²) in [5, 5.41) is 36.6. The van der Waals surface area contributed by atoms with Crippen LogP contribution in [0.3, 0.4) is 0 Å². The largest absolute Gasteiger partial charge is 0.479 e. The van der Waals surface area contributed by atoms with Gasteiger partial charge in [0.1, 0.15) is 6.42 Å². The minimum Gasteiger partial charge on any atom is -0.479 e. The van der Waals surface area contributed by atoms with Gasteiger partial charge in [0.15, 0.2) is 6.10 Å². The molecule has 9 heteroatoms. The number of carboxylic acids is 1. The maximum atomic E-state index is 9.98. The lowest BCUT2D eigenvalue weighted by Gasteiger charge is -2.04. The monoisotopic (exact) mass is 194 g/mol. The number of hydrogen-bond donors (Lipinski definition) is 2. The van der Waals surface area contributed by atoms with Crippen molar-refractivity contribution in [1.29, 1.82) is 0 Å². The minimum absolute atomic E-state index is 1.05. The molecule has 0 unspecified atom stereocenters. The van der Waals surface area contributed by atoms with Crippen LogP contribution in [-0.4, -0.2) is 38.3 Å². The predicted octanol–water partition coefficient (Wildman–Crippen LogP) is -1.30. The molecule has 1 atom stereocenters. The van der Waals surface area contributed by atoms with Crippen molar-refractivity contribution >= 4 is 5.97 Å². The number of aliphatic hydroxyl groups excluding tert-OH is 1. The SMILES string of the molecule is O=C(O)[C@H](O)CC([N+](=O)[O-])[N+](=O)[O-]. The topological polar surface area (TPSA) is 144 Å². The van der Waals surface area contributed by atoms with Crippen LogP contribution in [0.15, 0.2) is 0 Å². The first-order valence-corrected chi connectivity index (χ1v) is 3.04. The number of carboxylic acid groups (broad SMARTS) is 1. The summed E-state index contributed by atoms with van der Waals surface area (Å²) in [6.07, 6.45) is -5.43. The quantitative estimate of drug-likeness (QED) is 0.314. The molecule has 0 aliphatic rings. The first-order valence-electron chi connectivity index (χ1n) is 3.04. The van der Waals surface area contributed by atoms with Crippen LogP contribution in [0.5, 0.6) is 0 Å². The van der Waals surface area contributed by atoms with Crippen LogP contribution in [0, 0.1) is 20.2 Å². The average Bonchev–Trinajstić information content (AvgIpc) is 1.97. The normalized spacial score (nSPS) is 12.5. The van der Waals surface area contributed by atoms with Crippen LogP contribution in [0.4, 0.5) is 0 Å². The molecule has 9 nitrogen and oxygen atoms in total. The van der Waals surface area contributed by atoms with Crippen LogP contribution < -0.4 is 0 Å². The summed E-state index contributed by atoms with van der Waals surface area (Å²) in [6.45, 7) is 0. The lowest BCUT2D eigenvalue weighted by molar-refractivity contribution is -0.743. The van der Waals surface area contributed by atoms with Gasteiger partial charge in [-0.05, 0) is 0 Å². The molecule has 0 heterocycles. The molecular weight excluding hydrogens is 188 g/mol. The second kappa shape index (κ2) is 4.30. The van der Waals surface area contributed by atoms with E-state index in [1.807, 2.05) is 0 Å². The van der Waals surface area contributed by atoms with E-state index in [0.717, 1.165) is 0 Å². The molecular formula is C4H6N2O7. The number of rotatable bonds is 5. The van der Waals surface area contributed by atoms with Crippen LogP contribution in [-0.2, 0) is 4.79 Å². The average molecular weight is 194 g/mol. The number of nitrogens with zero attached hydrogens (tertiary/aromatic N) is 2. The zero-order chi connectivity index (χ0) is 10.6. The number of nitro groups is 2. The lowest BCUT2D eigenvalue weighted by atomic mass is 10.2. The molecule has 0 aromatic rings. The van der Waals surface area contributed by atoms with Gasteiger partial charge < -0.3 is 10.2 Å². The van der Waals surface area contributed by atoms with E-state index in [9.17, 15) is 25.0 Å². The van der Waals surface area contributed by atoms with Crippen LogP contribution in [0.2, 0.25) is 0 Å². The summed E-state index contributed by atoms with van der Waals surface area (Å²) in [4.78, 5) is 27.4. The Bertz CT molecular complexity index is 225. The third kappa shape index (κ3) is 3.42. The molecule has 0 aromatic heterocycles. The van der Waals surface area contributed by atoms with Crippen molar-refractivity contribution in [2.75, 3.05) is 0 Å². The van der Waals surface area contributed by atoms with Crippen LogP contribution in [0.1, 0.15) is 6.42 Å². The Morgan fingerprint density at radius 2 is 1.69 bits per heavy atom. The molecule has 0 saturated heterocycles. The summed E-state index contributed by atoms with van der Waals surface area (Å²) in [5.41, 5.74) is 0. The summed E-state index contributed by atoms with van der Waals surface area (Å²) >= 11 is 0. The Morgan fingerprint density at radius 1 is 1.31 bits per heavy atom. The highest BCUT2D eigenvalue weighted by Gasteiger charge is 2.37. The molecule has 0 aliphatic carbocycles. The van der Waals surface area contributed by atoms with Crippen molar-refractivity contribution in [3.63, 3.8) is 0 Å². The zero-order valence-corrected chi connectivity index (χ0v) is 6.19. The van der Waals surface area contributed by atoms with E-state index < -0.39 is 34.5 Å². The molecule has 74 valence electrons. The fourth-order valence-electron chi connectivity index (χ4n) is 0.550. The highest BCUT2D eigenvalue weighted by Crippen LogP contribution is 2.02. The van der Waals surface area contributed by atoms with Gasteiger partial charge in [-0.2, -0.15) is 0 Å². The van der Waals surface area contributed by atoms with Gasteiger partial charge in [-0.3, -0.25) is 20.2 Å². The second-order valence-corrected chi connectivity index (χ2v) is 2.14. The molecule has 0 spiro atoms. The van der Waals surface area contributed by atoms with Crippen molar-refractivity contribution in [3.8, 4) is 0 Å². The van der Waals surface area contributed by atoms with Gasteiger partial charge in [0.25, 0.3) is 0 Å². The first-order chi connectivity index (χ1) is 5.86. The predicted molar refractivity (Wildman–Crippen MR) is 36.0 cm³/mol. The number of aliphatic carboxylic acids is 1. The number of aliphatic hydroxyl groups is 1. The first kappa shape index (κ1) is 11.2. The maximum Gasteiger partial charge on any atom is 0.453 e. The lowest BCUT2D eigenvalue weighted by Crippen LogP contribution is -2.35. The molecule has 0 radical (unpaired) electrons. The van der Waals surface area contributed by atoms with E-state index in [1.54, 1.807) is 0 Å². The van der Waals surface area contributed by atoms with E-state index >= 15 is 0 Å². The van der Waals surface area contributed by atoms with E-state index in [4.69, 9.17) is 10.2 Å². The molecule has 0 aliphatic heterocycles. The highest BCUT2D eigenvalue weighted by molar-refractivity contribution is 5.71. The standard InChI is InChI=1S/C4H6N2O7/c7-2(4(8)9)1-3(5(10)11)6(12)13/h2-3,7H,1H2,(H,8,9)/t2-/m1/s1. The minimum atomic E-state index is -2.29. The van der Waals surface area contributed by atoms with Gasteiger partial charge in [-0.25, -0.2) is 4.79 Å². The molecule has 0 aromatic carbocycles. The van der Waals surface area contributed by atoms with E-state index in [-0.39, 0.29) is 0 Å². The van der Waals surface area contributed by atoms with E-state index in [2.05, 4.69) is 0 Å².